The molecule has 1 aliphatic carbocycles. The molecule has 0 spiro atoms. The van der Waals surface area contributed by atoms with Crippen LogP contribution in [0.5, 0.6) is 0 Å². The second-order valence-electron chi connectivity index (χ2n) is 6.61. The fraction of sp³-hybridized carbons (Fsp3) is 0.588. The molecule has 0 radical (unpaired) electrons. The van der Waals surface area contributed by atoms with E-state index < -0.39 is 4.33 Å². The van der Waals surface area contributed by atoms with Gasteiger partial charge in [0.2, 0.25) is 5.91 Å². The predicted molar refractivity (Wildman–Crippen MR) is 90.0 cm³/mol. The summed E-state index contributed by atoms with van der Waals surface area (Å²) < 4.78 is -0.819. The maximum Gasteiger partial charge on any atom is 0.228 e. The van der Waals surface area contributed by atoms with Gasteiger partial charge in [-0.1, -0.05) is 30.3 Å². The van der Waals surface area contributed by atoms with E-state index in [-0.39, 0.29) is 11.8 Å². The molecule has 120 valence electrons. The van der Waals surface area contributed by atoms with E-state index in [2.05, 4.69) is 29.2 Å². The molecule has 1 heterocycles. The highest BCUT2D eigenvalue weighted by atomic mass is 35.5. The number of hydrogen-bond acceptors (Lipinski definition) is 2. The molecule has 2 atom stereocenters. The van der Waals surface area contributed by atoms with Crippen LogP contribution in [0.25, 0.3) is 0 Å². The first-order valence-corrected chi connectivity index (χ1v) is 8.60. The summed E-state index contributed by atoms with van der Waals surface area (Å²) in [6.45, 7) is 3.93. The highest BCUT2D eigenvalue weighted by Gasteiger charge is 2.57. The van der Waals surface area contributed by atoms with Gasteiger partial charge in [-0.25, -0.2) is 0 Å². The summed E-state index contributed by atoms with van der Waals surface area (Å²) in [6.07, 6.45) is 1.73. The Morgan fingerprint density at radius 2 is 2.05 bits per heavy atom. The summed E-state index contributed by atoms with van der Waals surface area (Å²) in [5.74, 6) is 0.422. The van der Waals surface area contributed by atoms with E-state index in [4.69, 9.17) is 23.2 Å². The van der Waals surface area contributed by atoms with Crippen molar-refractivity contribution in [1.82, 2.24) is 9.80 Å². The van der Waals surface area contributed by atoms with E-state index in [1.807, 2.05) is 18.0 Å². The Hall–Kier alpha value is -0.770. The fourth-order valence-corrected chi connectivity index (χ4v) is 3.77. The number of hydrogen-bond donors (Lipinski definition) is 0. The lowest BCUT2D eigenvalue weighted by molar-refractivity contribution is -0.131. The second kappa shape index (κ2) is 6.38. The molecule has 0 unspecified atom stereocenters. The van der Waals surface area contributed by atoms with Gasteiger partial charge in [-0.15, -0.1) is 23.2 Å². The number of nitrogens with zero attached hydrogens (tertiary/aromatic N) is 2. The van der Waals surface area contributed by atoms with Gasteiger partial charge in [-0.3, -0.25) is 9.69 Å². The summed E-state index contributed by atoms with van der Waals surface area (Å²) in [7, 11) is 1.87. The van der Waals surface area contributed by atoms with Crippen molar-refractivity contribution in [2.45, 2.75) is 23.7 Å². The maximum atomic E-state index is 12.2. The molecule has 3 nitrogen and oxygen atoms in total. The van der Waals surface area contributed by atoms with Gasteiger partial charge < -0.3 is 4.90 Å². The van der Waals surface area contributed by atoms with Crippen LogP contribution in [0, 0.1) is 11.8 Å². The molecule has 1 saturated carbocycles. The third-order valence-electron chi connectivity index (χ3n) is 4.65. The third-order valence-corrected chi connectivity index (χ3v) is 5.49. The zero-order chi connectivity index (χ0) is 15.7. The molecule has 1 aliphatic heterocycles. The van der Waals surface area contributed by atoms with Crippen molar-refractivity contribution in [2.75, 3.05) is 26.7 Å². The van der Waals surface area contributed by atoms with E-state index in [9.17, 15) is 4.79 Å². The van der Waals surface area contributed by atoms with Crippen LogP contribution in [0.15, 0.2) is 30.3 Å². The SMILES string of the molecule is CN(C[C@@H]1CCN(Cc2ccccc2)C1)C(=O)[C@@H]1CC1(Cl)Cl. The van der Waals surface area contributed by atoms with Gasteiger partial charge in [0.25, 0.3) is 0 Å². The van der Waals surface area contributed by atoms with Crippen LogP contribution >= 0.6 is 23.2 Å². The Balaban J connectivity index is 1.46. The largest absolute Gasteiger partial charge is 0.345 e. The first-order chi connectivity index (χ1) is 10.5. The van der Waals surface area contributed by atoms with Gasteiger partial charge in [0, 0.05) is 26.7 Å². The number of carbonyl (C=O) groups is 1. The molecule has 3 rings (SSSR count). The Morgan fingerprint density at radius 3 is 2.68 bits per heavy atom. The standard InChI is InChI=1S/C17H22Cl2N2O/c1-20(16(22)15-9-17(15,18)19)10-14-7-8-21(12-14)11-13-5-3-2-4-6-13/h2-6,14-15H,7-12H2,1H3/t14-,15-/m0/s1. The van der Waals surface area contributed by atoms with Crippen molar-refractivity contribution in [1.29, 1.82) is 0 Å². The van der Waals surface area contributed by atoms with Crippen LogP contribution in [0.4, 0.5) is 0 Å². The van der Waals surface area contributed by atoms with Crippen LogP contribution in [0.3, 0.4) is 0 Å². The van der Waals surface area contributed by atoms with Crippen LogP contribution in [0.1, 0.15) is 18.4 Å². The molecule has 1 aromatic rings. The van der Waals surface area contributed by atoms with Crippen molar-refractivity contribution >= 4 is 29.1 Å². The number of rotatable bonds is 5. The van der Waals surface area contributed by atoms with Crippen LogP contribution < -0.4 is 0 Å². The second-order valence-corrected chi connectivity index (χ2v) is 8.15. The Bertz CT molecular complexity index is 535. The van der Waals surface area contributed by atoms with Gasteiger partial charge in [-0.05, 0) is 30.9 Å². The number of halogens is 2. The average Bonchev–Trinajstić information content (AvgIpc) is 2.91. The van der Waals surface area contributed by atoms with E-state index in [0.29, 0.717) is 12.3 Å². The smallest absolute Gasteiger partial charge is 0.228 e. The summed E-state index contributed by atoms with van der Waals surface area (Å²) in [5.41, 5.74) is 1.35. The molecule has 22 heavy (non-hydrogen) atoms. The van der Waals surface area contributed by atoms with Crippen LogP contribution in [-0.2, 0) is 11.3 Å². The van der Waals surface area contributed by atoms with E-state index in [1.54, 1.807) is 0 Å². The molecular weight excluding hydrogens is 319 g/mol. The lowest BCUT2D eigenvalue weighted by Gasteiger charge is -2.22. The minimum atomic E-state index is -0.819. The Labute approximate surface area is 142 Å². The quantitative estimate of drug-likeness (QED) is 0.768. The first-order valence-electron chi connectivity index (χ1n) is 7.85. The van der Waals surface area contributed by atoms with Crippen molar-refractivity contribution < 1.29 is 4.79 Å². The maximum absolute atomic E-state index is 12.2. The van der Waals surface area contributed by atoms with Gasteiger partial charge in [0.15, 0.2) is 0 Å². The number of amides is 1. The summed E-state index contributed by atoms with van der Waals surface area (Å²) in [5, 5.41) is 0. The predicted octanol–water partition coefficient (Wildman–Crippen LogP) is 3.16. The van der Waals surface area contributed by atoms with Crippen molar-refractivity contribution in [3.8, 4) is 0 Å². The summed E-state index contributed by atoms with van der Waals surface area (Å²) in [6, 6.07) is 10.5. The van der Waals surface area contributed by atoms with Crippen LogP contribution in [-0.4, -0.2) is 46.7 Å². The van der Waals surface area contributed by atoms with Gasteiger partial charge >= 0.3 is 0 Å². The monoisotopic (exact) mass is 340 g/mol. The lowest BCUT2D eigenvalue weighted by Crippen LogP contribution is -2.35. The number of benzene rings is 1. The van der Waals surface area contributed by atoms with Gasteiger partial charge in [0.1, 0.15) is 4.33 Å². The van der Waals surface area contributed by atoms with Crippen molar-refractivity contribution in [3.05, 3.63) is 35.9 Å². The van der Waals surface area contributed by atoms with Crippen LogP contribution in [0.2, 0.25) is 0 Å². The molecule has 2 fully saturated rings. The Morgan fingerprint density at radius 1 is 1.36 bits per heavy atom. The molecule has 1 amide bonds. The minimum absolute atomic E-state index is 0.0894. The number of likely N-dealkylation sites (tertiary alicyclic amines) is 1. The molecule has 0 bridgehead atoms. The zero-order valence-corrected chi connectivity index (χ0v) is 14.4. The zero-order valence-electron chi connectivity index (χ0n) is 12.8. The van der Waals surface area contributed by atoms with Gasteiger partial charge in [-0.2, -0.15) is 0 Å². The minimum Gasteiger partial charge on any atom is -0.345 e. The highest BCUT2D eigenvalue weighted by molar-refractivity contribution is 6.52. The first kappa shape index (κ1) is 16.1. The highest BCUT2D eigenvalue weighted by Crippen LogP contribution is 2.53. The van der Waals surface area contributed by atoms with Crippen molar-refractivity contribution in [3.63, 3.8) is 0 Å². The van der Waals surface area contributed by atoms with E-state index in [1.165, 1.54) is 5.56 Å². The molecule has 1 aromatic carbocycles. The molecule has 1 saturated heterocycles. The molecule has 0 N–H and O–H groups in total. The summed E-state index contributed by atoms with van der Waals surface area (Å²) in [4.78, 5) is 16.5. The third kappa shape index (κ3) is 3.76. The topological polar surface area (TPSA) is 23.6 Å². The van der Waals surface area contributed by atoms with E-state index >= 15 is 0 Å². The van der Waals surface area contributed by atoms with Gasteiger partial charge in [0.05, 0.1) is 5.92 Å². The number of carbonyl (C=O) groups excluding carboxylic acids is 1. The Kier molecular flexibility index (Phi) is 4.67. The normalized spacial score (nSPS) is 26.9. The summed E-state index contributed by atoms with van der Waals surface area (Å²) >= 11 is 12.0. The molecular formula is C17H22Cl2N2O. The molecule has 2 aliphatic rings. The molecule has 0 aromatic heterocycles. The molecule has 5 heteroatoms. The number of alkyl halides is 2. The fourth-order valence-electron chi connectivity index (χ4n) is 3.27. The van der Waals surface area contributed by atoms with Crippen molar-refractivity contribution in [2.24, 2.45) is 11.8 Å². The average molecular weight is 341 g/mol. The van der Waals surface area contributed by atoms with E-state index in [0.717, 1.165) is 32.6 Å². The lowest BCUT2D eigenvalue weighted by atomic mass is 10.1.